The van der Waals surface area contributed by atoms with Crippen LogP contribution in [0.1, 0.15) is 49.7 Å². The van der Waals surface area contributed by atoms with Gasteiger partial charge in [-0.25, -0.2) is 0 Å². The Balaban J connectivity index is 1.91. The molecule has 192 valence electrons. The number of methoxy groups -OCH3 is 1. The van der Waals surface area contributed by atoms with Gasteiger partial charge in [0.05, 0.1) is 18.1 Å². The monoisotopic (exact) mass is 484 g/mol. The number of aliphatic hydroxyl groups excluding tert-OH is 1. The lowest BCUT2D eigenvalue weighted by molar-refractivity contribution is -0.138. The Bertz CT molecular complexity index is 952. The number of carbonyl (C=O) groups is 1. The van der Waals surface area contributed by atoms with E-state index < -0.39 is 11.7 Å². The van der Waals surface area contributed by atoms with Crippen molar-refractivity contribution in [1.82, 2.24) is 4.90 Å². The molecule has 2 aromatic rings. The van der Waals surface area contributed by atoms with Crippen LogP contribution < -0.4 is 10.5 Å². The van der Waals surface area contributed by atoms with Crippen LogP contribution in [0.2, 0.25) is 0 Å². The Morgan fingerprint density at radius 2 is 1.89 bits per heavy atom. The summed E-state index contributed by atoms with van der Waals surface area (Å²) in [6.45, 7) is 3.72. The molecule has 0 aromatic heterocycles. The first-order valence-corrected chi connectivity index (χ1v) is 12.6. The van der Waals surface area contributed by atoms with Crippen molar-refractivity contribution in [2.45, 2.75) is 57.2 Å². The minimum Gasteiger partial charge on any atom is -0.457 e. The lowest BCUT2D eigenvalue weighted by atomic mass is 9.73. The van der Waals surface area contributed by atoms with Gasteiger partial charge in [0.25, 0.3) is 0 Å². The Morgan fingerprint density at radius 3 is 2.60 bits per heavy atom. The van der Waals surface area contributed by atoms with Gasteiger partial charge in [-0.15, -0.1) is 0 Å². The molecule has 1 aliphatic rings. The molecule has 3 atom stereocenters. The van der Waals surface area contributed by atoms with E-state index >= 15 is 0 Å². The van der Waals surface area contributed by atoms with Crippen molar-refractivity contribution in [2.24, 2.45) is 11.7 Å². The van der Waals surface area contributed by atoms with Crippen LogP contribution in [0.4, 0.5) is 0 Å². The number of amides is 1. The third kappa shape index (κ3) is 7.04. The van der Waals surface area contributed by atoms with Gasteiger partial charge in [-0.05, 0) is 56.7 Å². The van der Waals surface area contributed by atoms with Gasteiger partial charge in [0, 0.05) is 44.8 Å². The zero-order valence-corrected chi connectivity index (χ0v) is 21.0. The van der Waals surface area contributed by atoms with E-state index in [2.05, 4.69) is 0 Å². The van der Waals surface area contributed by atoms with Gasteiger partial charge >= 0.3 is 0 Å². The van der Waals surface area contributed by atoms with Crippen LogP contribution >= 0.6 is 0 Å². The minimum absolute atomic E-state index is 0.00245. The Hall–Kier alpha value is -2.45. The number of aliphatic hydroxyl groups is 2. The predicted molar refractivity (Wildman–Crippen MR) is 136 cm³/mol. The summed E-state index contributed by atoms with van der Waals surface area (Å²) in [5.41, 5.74) is 6.08. The highest BCUT2D eigenvalue weighted by Crippen LogP contribution is 2.44. The fraction of sp³-hybridized carbons (Fsp3) is 0.536. The fourth-order valence-corrected chi connectivity index (χ4v) is 4.91. The van der Waals surface area contributed by atoms with Crippen molar-refractivity contribution < 1.29 is 24.5 Å². The molecule has 4 N–H and O–H groups in total. The molecule has 0 radical (unpaired) electrons. The second-order valence-electron chi connectivity index (χ2n) is 9.51. The number of nitrogens with zero attached hydrogens (tertiary/aromatic N) is 1. The van der Waals surface area contributed by atoms with Gasteiger partial charge in [0.1, 0.15) is 11.5 Å². The van der Waals surface area contributed by atoms with E-state index in [9.17, 15) is 15.0 Å². The van der Waals surface area contributed by atoms with Crippen molar-refractivity contribution in [3.63, 3.8) is 0 Å². The molecule has 0 aliphatic carbocycles. The van der Waals surface area contributed by atoms with E-state index in [0.29, 0.717) is 31.9 Å². The van der Waals surface area contributed by atoms with Crippen molar-refractivity contribution in [3.05, 3.63) is 59.7 Å². The predicted octanol–water partition coefficient (Wildman–Crippen LogP) is 3.74. The number of hydrogen-bond acceptors (Lipinski definition) is 6. The topological polar surface area (TPSA) is 105 Å². The summed E-state index contributed by atoms with van der Waals surface area (Å²) in [7, 11) is 1.68. The van der Waals surface area contributed by atoms with E-state index in [-0.39, 0.29) is 24.8 Å². The second kappa shape index (κ2) is 13.0. The molecule has 0 saturated carbocycles. The van der Waals surface area contributed by atoms with Gasteiger partial charge < -0.3 is 30.3 Å². The first-order valence-electron chi connectivity index (χ1n) is 12.6. The van der Waals surface area contributed by atoms with Crippen LogP contribution in [0.3, 0.4) is 0 Å². The number of nitrogens with two attached hydrogens (primary N) is 1. The maximum absolute atomic E-state index is 12.8. The normalized spacial score (nSPS) is 18.7. The van der Waals surface area contributed by atoms with Crippen molar-refractivity contribution >= 4 is 5.91 Å². The molecule has 1 fully saturated rings. The van der Waals surface area contributed by atoms with Crippen LogP contribution in [0.5, 0.6) is 11.5 Å². The quantitative estimate of drug-likeness (QED) is 0.397. The maximum atomic E-state index is 12.8. The molecule has 0 spiro atoms. The number of benzene rings is 2. The molecule has 1 amide bonds. The number of aryl methyl sites for hydroxylation is 1. The van der Waals surface area contributed by atoms with Gasteiger partial charge in [-0.1, -0.05) is 36.4 Å². The first-order chi connectivity index (χ1) is 16.9. The van der Waals surface area contributed by atoms with Gasteiger partial charge in [-0.3, -0.25) is 4.79 Å². The highest BCUT2D eigenvalue weighted by Gasteiger charge is 2.43. The number of hydrogen-bond donors (Lipinski definition) is 3. The van der Waals surface area contributed by atoms with Crippen molar-refractivity contribution in [2.75, 3.05) is 33.4 Å². The average molecular weight is 485 g/mol. The average Bonchev–Trinajstić information content (AvgIpc) is 2.88. The molecule has 7 heteroatoms. The molecule has 1 saturated heterocycles. The summed E-state index contributed by atoms with van der Waals surface area (Å²) >= 11 is 0. The lowest BCUT2D eigenvalue weighted by Gasteiger charge is -2.43. The highest BCUT2D eigenvalue weighted by atomic mass is 16.5. The first kappa shape index (κ1) is 27.1. The summed E-state index contributed by atoms with van der Waals surface area (Å²) in [5.74, 6) is 1.08. The molecular formula is C28H40N2O5. The van der Waals surface area contributed by atoms with Crippen LogP contribution in [-0.2, 0) is 15.1 Å². The lowest BCUT2D eigenvalue weighted by Crippen LogP contribution is -2.49. The van der Waals surface area contributed by atoms with Crippen molar-refractivity contribution in [3.8, 4) is 11.5 Å². The fourth-order valence-electron chi connectivity index (χ4n) is 4.91. The SMILES string of the molecule is COCCCCC(O)(c1ccccc1Oc1ccccc1C)C1CCCN(C(=O)CC(O)CN)C1. The molecule has 7 nitrogen and oxygen atoms in total. The third-order valence-corrected chi connectivity index (χ3v) is 6.96. The summed E-state index contributed by atoms with van der Waals surface area (Å²) in [4.78, 5) is 14.6. The standard InChI is InChI=1S/C28H40N2O5/c1-21-10-3-5-13-25(21)35-26-14-6-4-12-24(26)28(33,15-7-8-17-34-2)22-11-9-16-30(20-22)27(32)18-23(31)19-29/h3-6,10,12-14,22-23,31,33H,7-9,11,15-20,29H2,1-2H3. The van der Waals surface area contributed by atoms with Crippen LogP contribution in [-0.4, -0.2) is 60.5 Å². The van der Waals surface area contributed by atoms with Crippen LogP contribution in [0, 0.1) is 12.8 Å². The highest BCUT2D eigenvalue weighted by molar-refractivity contribution is 5.76. The smallest absolute Gasteiger partial charge is 0.225 e. The summed E-state index contributed by atoms with van der Waals surface area (Å²) in [6.07, 6.45) is 2.88. The summed E-state index contributed by atoms with van der Waals surface area (Å²) in [6, 6.07) is 15.5. The number of unbranched alkanes of at least 4 members (excludes halogenated alkanes) is 1. The number of carbonyl (C=O) groups excluding carboxylic acids is 1. The van der Waals surface area contributed by atoms with E-state index in [0.717, 1.165) is 42.6 Å². The third-order valence-electron chi connectivity index (χ3n) is 6.96. The number of likely N-dealkylation sites (tertiary alicyclic amines) is 1. The molecule has 2 aromatic carbocycles. The van der Waals surface area contributed by atoms with E-state index in [4.69, 9.17) is 15.2 Å². The molecule has 3 unspecified atom stereocenters. The molecule has 3 rings (SSSR count). The molecular weight excluding hydrogens is 444 g/mol. The molecule has 1 heterocycles. The van der Waals surface area contributed by atoms with E-state index in [1.165, 1.54) is 0 Å². The number of piperidine rings is 1. The maximum Gasteiger partial charge on any atom is 0.225 e. The Labute approximate surface area is 208 Å². The van der Waals surface area contributed by atoms with Crippen molar-refractivity contribution in [1.29, 1.82) is 0 Å². The van der Waals surface area contributed by atoms with E-state index in [1.807, 2.05) is 55.5 Å². The van der Waals surface area contributed by atoms with Crippen LogP contribution in [0.25, 0.3) is 0 Å². The Morgan fingerprint density at radius 1 is 1.17 bits per heavy atom. The minimum atomic E-state index is -1.18. The van der Waals surface area contributed by atoms with E-state index in [1.54, 1.807) is 12.0 Å². The zero-order valence-electron chi connectivity index (χ0n) is 21.0. The number of ether oxygens (including phenoxy) is 2. The van der Waals surface area contributed by atoms with Crippen LogP contribution in [0.15, 0.2) is 48.5 Å². The van der Waals surface area contributed by atoms with Gasteiger partial charge in [-0.2, -0.15) is 0 Å². The Kier molecular flexibility index (Phi) is 10.1. The summed E-state index contributed by atoms with van der Waals surface area (Å²) in [5, 5.41) is 22.2. The molecule has 0 bridgehead atoms. The van der Waals surface area contributed by atoms with Gasteiger partial charge in [0.15, 0.2) is 0 Å². The van der Waals surface area contributed by atoms with Gasteiger partial charge in [0.2, 0.25) is 5.91 Å². The second-order valence-corrected chi connectivity index (χ2v) is 9.51. The molecule has 35 heavy (non-hydrogen) atoms. The number of rotatable bonds is 12. The largest absolute Gasteiger partial charge is 0.457 e. The molecule has 1 aliphatic heterocycles. The number of para-hydroxylation sites is 2. The summed E-state index contributed by atoms with van der Waals surface area (Å²) < 4.78 is 11.6. The zero-order chi connectivity index (χ0) is 25.3.